The monoisotopic (exact) mass is 178 g/mol. The van der Waals surface area contributed by atoms with Gasteiger partial charge in [-0.25, -0.2) is 0 Å². The van der Waals surface area contributed by atoms with Gasteiger partial charge in [0, 0.05) is 32.7 Å². The molecule has 0 amide bonds. The van der Waals surface area contributed by atoms with Crippen molar-refractivity contribution in [1.82, 2.24) is 0 Å². The molecule has 0 aliphatic rings. The summed E-state index contributed by atoms with van der Waals surface area (Å²) in [7, 11) is 0. The van der Waals surface area contributed by atoms with Crippen molar-refractivity contribution in [3.63, 3.8) is 0 Å². The van der Waals surface area contributed by atoms with Crippen LogP contribution in [0.15, 0.2) is 0 Å². The van der Waals surface area contributed by atoms with Crippen molar-refractivity contribution in [2.75, 3.05) is 13.2 Å². The SMILES string of the molecule is CC[NH-].[NH-]CN.[Y]. The van der Waals surface area contributed by atoms with Crippen LogP contribution < -0.4 is 5.73 Å². The fourth-order valence-corrected chi connectivity index (χ4v) is 0. The van der Waals surface area contributed by atoms with Crippen LogP contribution >= 0.6 is 0 Å². The van der Waals surface area contributed by atoms with Gasteiger partial charge in [-0.15, -0.1) is 6.67 Å². The molecule has 0 unspecified atom stereocenters. The van der Waals surface area contributed by atoms with E-state index >= 15 is 0 Å². The van der Waals surface area contributed by atoms with Crippen molar-refractivity contribution >= 4 is 0 Å². The van der Waals surface area contributed by atoms with Gasteiger partial charge in [0.1, 0.15) is 0 Å². The molecule has 0 aromatic rings. The molecule has 4 N–H and O–H groups in total. The second kappa shape index (κ2) is 28.1. The maximum absolute atomic E-state index is 6.21. The van der Waals surface area contributed by atoms with Gasteiger partial charge in [0.2, 0.25) is 0 Å². The summed E-state index contributed by atoms with van der Waals surface area (Å²) >= 11 is 0. The van der Waals surface area contributed by atoms with Crippen molar-refractivity contribution in [1.29, 1.82) is 0 Å². The van der Waals surface area contributed by atoms with Crippen LogP contribution in [0.4, 0.5) is 0 Å². The molecular formula is C3H11N3Y-2. The summed E-state index contributed by atoms with van der Waals surface area (Å²) < 4.78 is 0. The zero-order valence-electron chi connectivity index (χ0n) is 4.57. The summed E-state index contributed by atoms with van der Waals surface area (Å²) in [5.74, 6) is 0. The van der Waals surface area contributed by atoms with Crippen molar-refractivity contribution in [3.05, 3.63) is 11.5 Å². The molecule has 1 radical (unpaired) electrons. The zero-order chi connectivity index (χ0) is 5.41. The van der Waals surface area contributed by atoms with Crippen LogP contribution in [0.3, 0.4) is 0 Å². The maximum atomic E-state index is 6.21. The Balaban J connectivity index is -0.0000000400. The van der Waals surface area contributed by atoms with Crippen molar-refractivity contribution in [3.8, 4) is 0 Å². The summed E-state index contributed by atoms with van der Waals surface area (Å²) in [4.78, 5) is 0. The maximum Gasteiger partial charge on any atom is 0 e. The first-order valence-corrected chi connectivity index (χ1v) is 1.82. The summed E-state index contributed by atoms with van der Waals surface area (Å²) in [5.41, 5.74) is 16.7. The normalized spacial score (nSPS) is 5.14. The molecule has 0 bridgehead atoms. The van der Waals surface area contributed by atoms with Gasteiger partial charge >= 0.3 is 0 Å². The Morgan fingerprint density at radius 3 is 1.43 bits per heavy atom. The van der Waals surface area contributed by atoms with Gasteiger partial charge < -0.3 is 17.2 Å². The Morgan fingerprint density at radius 2 is 1.43 bits per heavy atom. The van der Waals surface area contributed by atoms with Crippen LogP contribution in [-0.2, 0) is 32.7 Å². The minimum absolute atomic E-state index is 0. The second-order valence-electron chi connectivity index (χ2n) is 0.558. The molecule has 0 aromatic carbocycles. The molecule has 7 heavy (non-hydrogen) atoms. The first-order chi connectivity index (χ1) is 2.83. The molecule has 0 saturated carbocycles. The molecule has 0 aromatic heterocycles. The molecule has 0 atom stereocenters. The predicted octanol–water partition coefficient (Wildman–Crippen LogP) is 1.01. The second-order valence-corrected chi connectivity index (χ2v) is 0.558. The molecule has 43 valence electrons. The number of rotatable bonds is 0. The zero-order valence-corrected chi connectivity index (χ0v) is 7.41. The average molecular weight is 178 g/mol. The quantitative estimate of drug-likeness (QED) is 0.590. The van der Waals surface area contributed by atoms with Gasteiger partial charge in [-0.05, 0) is 0 Å². The van der Waals surface area contributed by atoms with Crippen molar-refractivity contribution in [2.24, 2.45) is 5.73 Å². The molecule has 4 heteroatoms. The molecule has 0 fully saturated rings. The fraction of sp³-hybridized carbons (Fsp3) is 1.00. The first-order valence-electron chi connectivity index (χ1n) is 1.82. The van der Waals surface area contributed by atoms with Crippen molar-refractivity contribution < 1.29 is 32.7 Å². The van der Waals surface area contributed by atoms with Crippen LogP contribution in [0.2, 0.25) is 0 Å². The van der Waals surface area contributed by atoms with Gasteiger partial charge in [-0.3, -0.25) is 0 Å². The van der Waals surface area contributed by atoms with E-state index in [4.69, 9.17) is 11.5 Å². The topological polar surface area (TPSA) is 73.6 Å². The Morgan fingerprint density at radius 1 is 1.43 bits per heavy atom. The van der Waals surface area contributed by atoms with E-state index in [0.29, 0.717) is 6.54 Å². The van der Waals surface area contributed by atoms with E-state index in [1.165, 1.54) is 0 Å². The van der Waals surface area contributed by atoms with Crippen LogP contribution in [0, 0.1) is 0 Å². The molecule has 0 rings (SSSR count). The third-order valence-corrected chi connectivity index (χ3v) is 0. The summed E-state index contributed by atoms with van der Waals surface area (Å²) in [5, 5.41) is 0. The van der Waals surface area contributed by atoms with Crippen LogP contribution in [0.1, 0.15) is 6.92 Å². The van der Waals surface area contributed by atoms with Crippen molar-refractivity contribution in [2.45, 2.75) is 6.92 Å². The smallest absolute Gasteiger partial charge is 0 e. The predicted molar refractivity (Wildman–Crippen MR) is 28.2 cm³/mol. The molecule has 3 nitrogen and oxygen atoms in total. The van der Waals surface area contributed by atoms with E-state index in [0.717, 1.165) is 0 Å². The molecular weight excluding hydrogens is 167 g/mol. The van der Waals surface area contributed by atoms with E-state index in [2.05, 4.69) is 5.73 Å². The summed E-state index contributed by atoms with van der Waals surface area (Å²) in [6.07, 6.45) is 0. The summed E-state index contributed by atoms with van der Waals surface area (Å²) in [6, 6.07) is 0. The Kier molecular flexibility index (Phi) is 62.9. The largest absolute Gasteiger partial charge is 0.678 e. The van der Waals surface area contributed by atoms with Crippen LogP contribution in [-0.4, -0.2) is 13.2 Å². The number of nitrogens with one attached hydrogen (secondary N) is 2. The van der Waals surface area contributed by atoms with E-state index in [9.17, 15) is 0 Å². The van der Waals surface area contributed by atoms with Gasteiger partial charge in [-0.1, -0.05) is 6.92 Å². The van der Waals surface area contributed by atoms with E-state index in [-0.39, 0.29) is 39.4 Å². The van der Waals surface area contributed by atoms with Gasteiger partial charge in [0.25, 0.3) is 0 Å². The molecule has 0 aliphatic heterocycles. The van der Waals surface area contributed by atoms with Crippen LogP contribution in [0.5, 0.6) is 0 Å². The minimum atomic E-state index is 0. The Hall–Kier alpha value is 0.984. The third kappa shape index (κ3) is 179. The van der Waals surface area contributed by atoms with E-state index < -0.39 is 0 Å². The molecule has 0 heterocycles. The van der Waals surface area contributed by atoms with Gasteiger partial charge in [0.15, 0.2) is 0 Å². The van der Waals surface area contributed by atoms with Gasteiger partial charge in [-0.2, -0.15) is 6.54 Å². The summed E-state index contributed by atoms with van der Waals surface area (Å²) in [6.45, 7) is 2.29. The number of hydrogen-bond donors (Lipinski definition) is 1. The third-order valence-electron chi connectivity index (χ3n) is 0. The number of hydrogen-bond acceptors (Lipinski definition) is 1. The Bertz CT molecular complexity index is 12.1. The molecule has 0 aliphatic carbocycles. The minimum Gasteiger partial charge on any atom is -0.678 e. The molecule has 0 saturated heterocycles. The average Bonchev–Trinajstić information content (AvgIpc) is 1.39. The Labute approximate surface area is 69.9 Å². The van der Waals surface area contributed by atoms with E-state index in [1.807, 2.05) is 0 Å². The van der Waals surface area contributed by atoms with Gasteiger partial charge in [0.05, 0.1) is 0 Å². The van der Waals surface area contributed by atoms with E-state index in [1.54, 1.807) is 6.92 Å². The van der Waals surface area contributed by atoms with Crippen LogP contribution in [0.25, 0.3) is 11.5 Å². The molecule has 0 spiro atoms. The fourth-order valence-electron chi connectivity index (χ4n) is 0. The number of nitrogens with two attached hydrogens (primary N) is 1. The standard InChI is InChI=1S/C2H6N.CH5N2.Y/c1-2-3;2-1-3;/h3H,2H2,1H3;2H,1,3H2;/q2*-1;. The first kappa shape index (κ1) is 15.7.